The maximum atomic E-state index is 12.8. The number of aliphatic carboxylic acids is 1. The Kier molecular flexibility index (Phi) is 5.40. The van der Waals surface area contributed by atoms with Crippen LogP contribution in [0.2, 0.25) is 0 Å². The summed E-state index contributed by atoms with van der Waals surface area (Å²) in [6.07, 6.45) is 6.32. The molecule has 0 saturated heterocycles. The third kappa shape index (κ3) is 3.07. The molecule has 4 saturated carbocycles. The van der Waals surface area contributed by atoms with Gasteiger partial charge in [0, 0.05) is 0 Å². The lowest BCUT2D eigenvalue weighted by atomic mass is 9.33. The number of aliphatic hydroxyl groups is 3. The van der Waals surface area contributed by atoms with Crippen molar-refractivity contribution < 1.29 is 25.2 Å². The van der Waals surface area contributed by atoms with Gasteiger partial charge in [-0.3, -0.25) is 4.79 Å². The fourth-order valence-electron chi connectivity index (χ4n) is 11.0. The Morgan fingerprint density at radius 2 is 1.49 bits per heavy atom. The molecule has 0 heterocycles. The number of allylic oxidation sites excluding steroid dienone is 2. The van der Waals surface area contributed by atoms with Gasteiger partial charge in [-0.05, 0) is 96.2 Å². The van der Waals surface area contributed by atoms with Crippen molar-refractivity contribution in [2.75, 3.05) is 0 Å². The Hall–Kier alpha value is -0.910. The molecule has 10 atom stereocenters. The molecule has 0 aromatic carbocycles. The van der Waals surface area contributed by atoms with Gasteiger partial charge < -0.3 is 20.4 Å². The second kappa shape index (κ2) is 7.35. The van der Waals surface area contributed by atoms with Crippen LogP contribution in [0.4, 0.5) is 0 Å². The minimum atomic E-state index is -0.847. The van der Waals surface area contributed by atoms with Crippen molar-refractivity contribution in [3.63, 3.8) is 0 Å². The zero-order valence-corrected chi connectivity index (χ0v) is 22.9. The average Bonchev–Trinajstić information content (AvgIpc) is 2.71. The van der Waals surface area contributed by atoms with Crippen LogP contribution in [0.5, 0.6) is 0 Å². The highest BCUT2D eigenvalue weighted by Gasteiger charge is 2.71. The van der Waals surface area contributed by atoms with Crippen molar-refractivity contribution in [3.8, 4) is 0 Å². The SMILES string of the molecule is CC1(C)CC[C@]2(C(=O)O)CC[C@]3(C)C(=CC[C@@H]4[C@@]5(C)C[C@@H](O)[C@H](O)C(C)(C)[C@@H]5[C@H](O)C[C@]43C)[C@@H]2C1. The van der Waals surface area contributed by atoms with Crippen molar-refractivity contribution in [1.29, 1.82) is 0 Å². The lowest BCUT2D eigenvalue weighted by molar-refractivity contribution is -0.263. The van der Waals surface area contributed by atoms with Gasteiger partial charge in [-0.1, -0.05) is 60.1 Å². The van der Waals surface area contributed by atoms with E-state index in [1.807, 2.05) is 13.8 Å². The Bertz CT molecular complexity index is 952. The smallest absolute Gasteiger partial charge is 0.310 e. The van der Waals surface area contributed by atoms with E-state index in [0.717, 1.165) is 32.1 Å². The van der Waals surface area contributed by atoms with Crippen molar-refractivity contribution in [3.05, 3.63) is 11.6 Å². The number of carboxylic acid groups (broad SMARTS) is 1. The first-order valence-corrected chi connectivity index (χ1v) is 13.9. The van der Waals surface area contributed by atoms with E-state index in [0.29, 0.717) is 19.3 Å². The summed E-state index contributed by atoms with van der Waals surface area (Å²) in [5, 5.41) is 44.1. The molecule has 5 heteroatoms. The van der Waals surface area contributed by atoms with Crippen LogP contribution >= 0.6 is 0 Å². The summed E-state index contributed by atoms with van der Waals surface area (Å²) in [4.78, 5) is 12.8. The number of aliphatic hydroxyl groups excluding tert-OH is 3. The van der Waals surface area contributed by atoms with Gasteiger partial charge in [0.1, 0.15) is 0 Å². The first-order valence-electron chi connectivity index (χ1n) is 13.9. The Labute approximate surface area is 211 Å². The van der Waals surface area contributed by atoms with E-state index in [9.17, 15) is 25.2 Å². The molecular formula is C30H48O5. The molecule has 5 nitrogen and oxygen atoms in total. The van der Waals surface area contributed by atoms with Crippen LogP contribution in [-0.4, -0.2) is 44.7 Å². The molecule has 0 spiro atoms. The number of carbonyl (C=O) groups is 1. The van der Waals surface area contributed by atoms with E-state index in [1.54, 1.807) is 0 Å². The molecule has 4 N–H and O–H groups in total. The Morgan fingerprint density at radius 3 is 2.11 bits per heavy atom. The lowest BCUT2D eigenvalue weighted by Crippen LogP contribution is -2.70. The third-order valence-corrected chi connectivity index (χ3v) is 12.9. The van der Waals surface area contributed by atoms with E-state index < -0.39 is 35.1 Å². The van der Waals surface area contributed by atoms with E-state index in [2.05, 4.69) is 40.7 Å². The molecule has 5 rings (SSSR count). The molecule has 4 fully saturated rings. The zero-order chi connectivity index (χ0) is 26.0. The highest BCUT2D eigenvalue weighted by Crippen LogP contribution is 2.75. The number of rotatable bonds is 1. The van der Waals surface area contributed by atoms with Crippen LogP contribution in [0.15, 0.2) is 11.6 Å². The molecule has 0 radical (unpaired) electrons. The summed E-state index contributed by atoms with van der Waals surface area (Å²) in [6.45, 7) is 15.5. The van der Waals surface area contributed by atoms with Crippen molar-refractivity contribution in [2.45, 2.75) is 118 Å². The fourth-order valence-corrected chi connectivity index (χ4v) is 11.0. The maximum absolute atomic E-state index is 12.8. The summed E-state index contributed by atoms with van der Waals surface area (Å²) < 4.78 is 0. The van der Waals surface area contributed by atoms with Gasteiger partial charge in [-0.2, -0.15) is 0 Å². The summed E-state index contributed by atoms with van der Waals surface area (Å²) in [5.74, 6) is -0.430. The van der Waals surface area contributed by atoms with Gasteiger partial charge in [-0.25, -0.2) is 0 Å². The van der Waals surface area contributed by atoms with E-state index in [1.165, 1.54) is 5.57 Å². The highest BCUT2D eigenvalue weighted by molar-refractivity contribution is 5.76. The molecule has 0 bridgehead atoms. The van der Waals surface area contributed by atoms with Crippen LogP contribution in [0, 0.1) is 50.2 Å². The number of hydrogen-bond donors (Lipinski definition) is 4. The van der Waals surface area contributed by atoms with Gasteiger partial charge in [0.25, 0.3) is 0 Å². The number of hydrogen-bond acceptors (Lipinski definition) is 4. The molecule has 35 heavy (non-hydrogen) atoms. The monoisotopic (exact) mass is 488 g/mol. The molecule has 0 amide bonds. The number of carboxylic acids is 1. The predicted octanol–water partition coefficient (Wildman–Crippen LogP) is 5.18. The van der Waals surface area contributed by atoms with Crippen LogP contribution in [0.1, 0.15) is 99.8 Å². The summed E-state index contributed by atoms with van der Waals surface area (Å²) in [6, 6.07) is 0. The van der Waals surface area contributed by atoms with Crippen molar-refractivity contribution >= 4 is 5.97 Å². The summed E-state index contributed by atoms with van der Waals surface area (Å²) in [7, 11) is 0. The van der Waals surface area contributed by atoms with Crippen LogP contribution in [0.25, 0.3) is 0 Å². The maximum Gasteiger partial charge on any atom is 0.310 e. The van der Waals surface area contributed by atoms with E-state index in [-0.39, 0.29) is 39.4 Å². The second-order valence-corrected chi connectivity index (χ2v) is 15.4. The third-order valence-electron chi connectivity index (χ3n) is 12.9. The van der Waals surface area contributed by atoms with Gasteiger partial charge in [-0.15, -0.1) is 0 Å². The molecule has 0 aromatic rings. The van der Waals surface area contributed by atoms with Crippen LogP contribution in [-0.2, 0) is 4.79 Å². The minimum absolute atomic E-state index is 0.0400. The largest absolute Gasteiger partial charge is 0.481 e. The molecular weight excluding hydrogens is 440 g/mol. The van der Waals surface area contributed by atoms with Crippen LogP contribution in [0.3, 0.4) is 0 Å². The van der Waals surface area contributed by atoms with Gasteiger partial charge >= 0.3 is 5.97 Å². The van der Waals surface area contributed by atoms with Gasteiger partial charge in [0.2, 0.25) is 0 Å². The first kappa shape index (κ1) is 25.7. The molecule has 5 aliphatic rings. The number of fused-ring (bicyclic) bond motifs is 7. The van der Waals surface area contributed by atoms with Crippen LogP contribution < -0.4 is 0 Å². The minimum Gasteiger partial charge on any atom is -0.481 e. The standard InChI is InChI=1S/C30H48O5/c1-25(2)10-12-30(24(34)35)13-11-28(6)17(18(30)14-25)8-9-21-27(5)15-20(32)23(33)26(3,4)22(27)19(31)16-29(21,28)7/h8,18-23,31-33H,9-16H2,1-7H3,(H,34,35)/t18-,19+,20+,21+,22-,23-,27+,28+,29+,30-/m0/s1. The van der Waals surface area contributed by atoms with Crippen molar-refractivity contribution in [2.24, 2.45) is 50.2 Å². The summed E-state index contributed by atoms with van der Waals surface area (Å²) in [5.41, 5.74) is -0.501. The Morgan fingerprint density at radius 1 is 0.857 bits per heavy atom. The topological polar surface area (TPSA) is 98.0 Å². The molecule has 0 aromatic heterocycles. The fraction of sp³-hybridized carbons (Fsp3) is 0.900. The molecule has 0 unspecified atom stereocenters. The lowest BCUT2D eigenvalue weighted by Gasteiger charge is -2.72. The average molecular weight is 489 g/mol. The molecule has 5 aliphatic carbocycles. The predicted molar refractivity (Wildman–Crippen MR) is 135 cm³/mol. The van der Waals surface area contributed by atoms with Gasteiger partial charge in [0.15, 0.2) is 0 Å². The zero-order valence-electron chi connectivity index (χ0n) is 22.9. The molecule has 198 valence electrons. The first-order chi connectivity index (χ1) is 16.0. The summed E-state index contributed by atoms with van der Waals surface area (Å²) >= 11 is 0. The molecule has 0 aliphatic heterocycles. The van der Waals surface area contributed by atoms with E-state index in [4.69, 9.17) is 0 Å². The van der Waals surface area contributed by atoms with Crippen molar-refractivity contribution in [1.82, 2.24) is 0 Å². The quantitative estimate of drug-likeness (QED) is 0.382. The second-order valence-electron chi connectivity index (χ2n) is 15.4. The van der Waals surface area contributed by atoms with Gasteiger partial charge in [0.05, 0.1) is 23.7 Å². The van der Waals surface area contributed by atoms with E-state index >= 15 is 0 Å². The normalized spacial score (nSPS) is 54.4. The highest BCUT2D eigenvalue weighted by atomic mass is 16.4. The Balaban J connectivity index is 1.64.